The quantitative estimate of drug-likeness (QED) is 0.121. The van der Waals surface area contributed by atoms with Crippen LogP contribution < -0.4 is 27.4 Å². The van der Waals surface area contributed by atoms with Gasteiger partial charge in [0.1, 0.15) is 17.8 Å². The third-order valence-electron chi connectivity index (χ3n) is 5.16. The minimum absolute atomic E-state index is 0.0478. The zero-order valence-corrected chi connectivity index (χ0v) is 19.9. The number of amides is 4. The number of nitrogens with one attached hydrogen (secondary N) is 3. The summed E-state index contributed by atoms with van der Waals surface area (Å²) in [5.74, 6) is -5.03. The summed E-state index contributed by atoms with van der Waals surface area (Å²) in [6.07, 6.45) is -3.33. The second-order valence-corrected chi connectivity index (χ2v) is 8.34. The van der Waals surface area contributed by atoms with Gasteiger partial charge in [-0.2, -0.15) is 0 Å². The van der Waals surface area contributed by atoms with Crippen molar-refractivity contribution in [3.8, 4) is 5.75 Å². The van der Waals surface area contributed by atoms with Gasteiger partial charge in [0.25, 0.3) is 0 Å². The second kappa shape index (κ2) is 14.0. The largest absolute Gasteiger partial charge is 0.508 e. The average molecular weight is 512 g/mol. The zero-order valence-electron chi connectivity index (χ0n) is 19.9. The molecule has 0 radical (unpaired) electrons. The van der Waals surface area contributed by atoms with Crippen LogP contribution in [0, 0.1) is 0 Å². The maximum absolute atomic E-state index is 12.9. The van der Waals surface area contributed by atoms with Crippen molar-refractivity contribution in [1.29, 1.82) is 0 Å². The number of carboxylic acid groups (broad SMARTS) is 1. The zero-order chi connectivity index (χ0) is 27.6. The smallest absolute Gasteiger partial charge is 0.328 e. The Morgan fingerprint density at radius 1 is 0.861 bits per heavy atom. The van der Waals surface area contributed by atoms with E-state index in [4.69, 9.17) is 11.5 Å². The van der Waals surface area contributed by atoms with Gasteiger partial charge in [-0.05, 0) is 38.0 Å². The number of primary amides is 1. The Bertz CT molecular complexity index is 936. The SMILES string of the molecule is C[C@@H](O)[C@H](NC(=O)[C@H](Cc1ccc(O)cc1)NC(=O)[C@@H](NC(=O)[C@@H](N)CCC(N)=O)[C@@H](C)O)C(=O)O. The van der Waals surface area contributed by atoms with Crippen LogP contribution in [0.15, 0.2) is 24.3 Å². The van der Waals surface area contributed by atoms with Crippen molar-refractivity contribution in [2.45, 2.75) is 69.5 Å². The summed E-state index contributed by atoms with van der Waals surface area (Å²) in [5, 5.41) is 45.2. The minimum Gasteiger partial charge on any atom is -0.508 e. The first-order valence-corrected chi connectivity index (χ1v) is 11.0. The molecule has 0 saturated heterocycles. The summed E-state index contributed by atoms with van der Waals surface area (Å²) >= 11 is 0. The molecular weight excluding hydrogens is 478 g/mol. The van der Waals surface area contributed by atoms with Crippen molar-refractivity contribution >= 4 is 29.6 Å². The standard InChI is InChI=1S/C22H33N5O9/c1-10(28)17(26-19(32)14(23)7-8-16(24)31)21(34)25-15(9-12-3-5-13(30)6-4-12)20(33)27-18(11(2)29)22(35)36/h3-6,10-11,14-15,17-18,28-30H,7-9,23H2,1-2H3,(H2,24,31)(H,25,34)(H,26,32)(H,27,33)(H,35,36)/t10-,11-,14+,15+,17+,18+/m1/s1. The van der Waals surface area contributed by atoms with Gasteiger partial charge < -0.3 is 47.8 Å². The van der Waals surface area contributed by atoms with E-state index in [9.17, 15) is 44.4 Å². The number of carboxylic acids is 1. The highest BCUT2D eigenvalue weighted by Crippen LogP contribution is 2.12. The van der Waals surface area contributed by atoms with Crippen LogP contribution in [0.25, 0.3) is 0 Å². The molecule has 1 aromatic rings. The highest BCUT2D eigenvalue weighted by Gasteiger charge is 2.33. The number of aliphatic carboxylic acids is 1. The molecule has 1 rings (SSSR count). The normalized spacial score (nSPS) is 15.9. The summed E-state index contributed by atoms with van der Waals surface area (Å²) in [5.41, 5.74) is 11.2. The van der Waals surface area contributed by atoms with Crippen molar-refractivity contribution in [2.75, 3.05) is 0 Å². The van der Waals surface area contributed by atoms with Crippen molar-refractivity contribution in [1.82, 2.24) is 16.0 Å². The van der Waals surface area contributed by atoms with Crippen LogP contribution in [-0.4, -0.2) is 86.4 Å². The molecule has 0 unspecified atom stereocenters. The highest BCUT2D eigenvalue weighted by molar-refractivity contribution is 5.94. The van der Waals surface area contributed by atoms with E-state index in [0.717, 1.165) is 6.92 Å². The molecular formula is C22H33N5O9. The summed E-state index contributed by atoms with van der Waals surface area (Å²) in [6, 6.07) is -0.211. The van der Waals surface area contributed by atoms with Crippen molar-refractivity contribution < 1.29 is 44.4 Å². The van der Waals surface area contributed by atoms with E-state index in [-0.39, 0.29) is 25.0 Å². The molecule has 200 valence electrons. The Balaban J connectivity index is 3.10. The number of aromatic hydroxyl groups is 1. The van der Waals surface area contributed by atoms with Gasteiger partial charge in [-0.25, -0.2) is 4.79 Å². The molecule has 0 heterocycles. The van der Waals surface area contributed by atoms with E-state index >= 15 is 0 Å². The number of carbonyl (C=O) groups is 5. The lowest BCUT2D eigenvalue weighted by Crippen LogP contribution is -2.60. The highest BCUT2D eigenvalue weighted by atomic mass is 16.4. The third-order valence-corrected chi connectivity index (χ3v) is 5.16. The monoisotopic (exact) mass is 511 g/mol. The predicted octanol–water partition coefficient (Wildman–Crippen LogP) is -3.17. The van der Waals surface area contributed by atoms with E-state index < -0.39 is 66.0 Å². The number of phenols is 1. The summed E-state index contributed by atoms with van der Waals surface area (Å²) < 4.78 is 0. The van der Waals surface area contributed by atoms with Crippen LogP contribution in [0.3, 0.4) is 0 Å². The van der Waals surface area contributed by atoms with E-state index in [1.165, 1.54) is 31.2 Å². The number of aliphatic hydroxyl groups excluding tert-OH is 2. The molecule has 0 fully saturated rings. The molecule has 6 atom stereocenters. The van der Waals surface area contributed by atoms with Crippen LogP contribution >= 0.6 is 0 Å². The molecule has 36 heavy (non-hydrogen) atoms. The van der Waals surface area contributed by atoms with Gasteiger partial charge in [-0.3, -0.25) is 19.2 Å². The van der Waals surface area contributed by atoms with Gasteiger partial charge in [0.05, 0.1) is 18.2 Å². The van der Waals surface area contributed by atoms with E-state index in [1.54, 1.807) is 0 Å². The number of nitrogens with two attached hydrogens (primary N) is 2. The molecule has 0 saturated carbocycles. The lowest BCUT2D eigenvalue weighted by molar-refractivity contribution is -0.145. The van der Waals surface area contributed by atoms with Crippen LogP contribution in [0.2, 0.25) is 0 Å². The lowest BCUT2D eigenvalue weighted by Gasteiger charge is -2.27. The maximum atomic E-state index is 12.9. The molecule has 0 aromatic heterocycles. The van der Waals surface area contributed by atoms with Crippen LogP contribution in [0.5, 0.6) is 5.75 Å². The molecule has 1 aromatic carbocycles. The Morgan fingerprint density at radius 2 is 1.39 bits per heavy atom. The van der Waals surface area contributed by atoms with E-state index in [0.29, 0.717) is 5.56 Å². The fourth-order valence-corrected chi connectivity index (χ4v) is 3.08. The predicted molar refractivity (Wildman–Crippen MR) is 125 cm³/mol. The molecule has 14 heteroatoms. The minimum atomic E-state index is -1.67. The Hall–Kier alpha value is -3.75. The van der Waals surface area contributed by atoms with Crippen molar-refractivity contribution in [3.05, 3.63) is 29.8 Å². The molecule has 0 aliphatic heterocycles. The fourth-order valence-electron chi connectivity index (χ4n) is 3.08. The first-order valence-electron chi connectivity index (χ1n) is 11.0. The summed E-state index contributed by atoms with van der Waals surface area (Å²) in [7, 11) is 0. The van der Waals surface area contributed by atoms with Gasteiger partial charge in [-0.1, -0.05) is 12.1 Å². The first-order chi connectivity index (χ1) is 16.7. The Labute approximate surface area is 207 Å². The van der Waals surface area contributed by atoms with Crippen LogP contribution in [0.4, 0.5) is 0 Å². The van der Waals surface area contributed by atoms with Crippen molar-refractivity contribution in [3.63, 3.8) is 0 Å². The third kappa shape index (κ3) is 9.85. The number of aliphatic hydroxyl groups is 2. The second-order valence-electron chi connectivity index (χ2n) is 8.34. The average Bonchev–Trinajstić information content (AvgIpc) is 2.79. The molecule has 0 aliphatic carbocycles. The number of carbonyl (C=O) groups excluding carboxylic acids is 4. The van der Waals surface area contributed by atoms with E-state index in [1.807, 2.05) is 0 Å². The van der Waals surface area contributed by atoms with Gasteiger partial charge in [0, 0.05) is 12.8 Å². The van der Waals surface area contributed by atoms with Gasteiger partial charge in [0.2, 0.25) is 23.6 Å². The molecule has 14 nitrogen and oxygen atoms in total. The number of benzene rings is 1. The molecule has 0 aliphatic rings. The van der Waals surface area contributed by atoms with Gasteiger partial charge in [-0.15, -0.1) is 0 Å². The number of phenolic OH excluding ortho intramolecular Hbond substituents is 1. The van der Waals surface area contributed by atoms with Crippen molar-refractivity contribution in [2.24, 2.45) is 11.5 Å². The molecule has 0 spiro atoms. The maximum Gasteiger partial charge on any atom is 0.328 e. The topological polar surface area (TPSA) is 254 Å². The number of hydrogen-bond acceptors (Lipinski definition) is 9. The number of hydrogen-bond donors (Lipinski definition) is 9. The van der Waals surface area contributed by atoms with E-state index in [2.05, 4.69) is 16.0 Å². The van der Waals surface area contributed by atoms with Gasteiger partial charge in [0.15, 0.2) is 6.04 Å². The van der Waals surface area contributed by atoms with Gasteiger partial charge >= 0.3 is 5.97 Å². The number of rotatable bonds is 14. The fraction of sp³-hybridized carbons (Fsp3) is 0.500. The van der Waals surface area contributed by atoms with Crippen LogP contribution in [0.1, 0.15) is 32.3 Å². The molecule has 0 bridgehead atoms. The first kappa shape index (κ1) is 30.3. The summed E-state index contributed by atoms with van der Waals surface area (Å²) in [6.45, 7) is 2.37. The van der Waals surface area contributed by atoms with Crippen LogP contribution in [-0.2, 0) is 30.4 Å². The Kier molecular flexibility index (Phi) is 11.7. The lowest BCUT2D eigenvalue weighted by atomic mass is 10.0. The molecule has 11 N–H and O–H groups in total. The summed E-state index contributed by atoms with van der Waals surface area (Å²) in [4.78, 5) is 60.4. The molecule has 4 amide bonds. The Morgan fingerprint density at radius 3 is 1.86 bits per heavy atom.